The highest BCUT2D eigenvalue weighted by Crippen LogP contribution is 2.45. The molecule has 1 amide bonds. The predicted octanol–water partition coefficient (Wildman–Crippen LogP) is 6.57. The summed E-state index contributed by atoms with van der Waals surface area (Å²) in [5.41, 5.74) is 5.91. The molecular weight excluding hydrogens is 581 g/mol. The molecular formula is C30H29Cl2N5O3S. The third-order valence-electron chi connectivity index (χ3n) is 7.07. The number of pyridine rings is 1. The van der Waals surface area contributed by atoms with Gasteiger partial charge in [-0.05, 0) is 80.2 Å². The zero-order valence-electron chi connectivity index (χ0n) is 22.9. The summed E-state index contributed by atoms with van der Waals surface area (Å²) in [6.45, 7) is 4.00. The number of anilines is 2. The van der Waals surface area contributed by atoms with Gasteiger partial charge in [0, 0.05) is 30.4 Å². The molecule has 2 aromatic carbocycles. The molecule has 2 atom stereocenters. The maximum absolute atomic E-state index is 12.4. The summed E-state index contributed by atoms with van der Waals surface area (Å²) in [6.07, 6.45) is 1.77. The number of carbonyl (C=O) groups excluding carboxylic acids is 1. The molecule has 0 radical (unpaired) electrons. The van der Waals surface area contributed by atoms with E-state index >= 15 is 0 Å². The van der Waals surface area contributed by atoms with Crippen LogP contribution in [0.25, 0.3) is 5.69 Å². The molecule has 1 saturated heterocycles. The van der Waals surface area contributed by atoms with Crippen LogP contribution < -0.4 is 20.3 Å². The smallest absolute Gasteiger partial charge is 0.250 e. The number of aryl methyl sites for hydroxylation is 1. The Kier molecular flexibility index (Phi) is 8.51. The summed E-state index contributed by atoms with van der Waals surface area (Å²) in [7, 11) is 3.02. The minimum atomic E-state index is -0.296. The Morgan fingerprint density at radius 1 is 1.10 bits per heavy atom. The van der Waals surface area contributed by atoms with E-state index in [1.54, 1.807) is 25.4 Å². The lowest BCUT2D eigenvalue weighted by Crippen LogP contribution is -2.29. The lowest BCUT2D eigenvalue weighted by atomic mass is 9.96. The summed E-state index contributed by atoms with van der Waals surface area (Å²) in [5.74, 6) is 0.220. The molecule has 0 saturated carbocycles. The van der Waals surface area contributed by atoms with Crippen LogP contribution in [0.1, 0.15) is 34.7 Å². The van der Waals surface area contributed by atoms with Gasteiger partial charge < -0.3 is 29.6 Å². The van der Waals surface area contributed by atoms with Gasteiger partial charge in [-0.25, -0.2) is 0 Å². The zero-order chi connectivity index (χ0) is 29.3. The van der Waals surface area contributed by atoms with E-state index < -0.39 is 0 Å². The molecule has 4 aromatic rings. The summed E-state index contributed by atoms with van der Waals surface area (Å²) in [4.78, 5) is 19.1. The fraction of sp³-hybridized carbons (Fsp3) is 0.233. The van der Waals surface area contributed by atoms with E-state index in [4.69, 9.17) is 44.9 Å². The molecule has 5 rings (SSSR count). The van der Waals surface area contributed by atoms with Crippen LogP contribution in [0, 0.1) is 13.8 Å². The Labute approximate surface area is 254 Å². The van der Waals surface area contributed by atoms with Crippen molar-refractivity contribution in [3.05, 3.63) is 99.6 Å². The van der Waals surface area contributed by atoms with Gasteiger partial charge in [0.15, 0.2) is 5.11 Å². The van der Waals surface area contributed by atoms with Crippen molar-refractivity contribution in [1.82, 2.24) is 14.9 Å². The number of methoxy groups -OCH3 is 2. The molecule has 41 heavy (non-hydrogen) atoms. The number of thiocarbonyl (C=S) groups is 1. The molecule has 212 valence electrons. The van der Waals surface area contributed by atoms with Crippen molar-refractivity contribution >= 4 is 57.8 Å². The normalized spacial score (nSPS) is 16.5. The first-order chi connectivity index (χ1) is 19.7. The van der Waals surface area contributed by atoms with E-state index in [0.717, 1.165) is 34.0 Å². The zero-order valence-corrected chi connectivity index (χ0v) is 25.3. The van der Waals surface area contributed by atoms with Crippen LogP contribution in [0.5, 0.6) is 5.75 Å². The van der Waals surface area contributed by atoms with Gasteiger partial charge >= 0.3 is 0 Å². The second kappa shape index (κ2) is 12.1. The summed E-state index contributed by atoms with van der Waals surface area (Å²) in [6, 6.07) is 18.6. The maximum Gasteiger partial charge on any atom is 0.250 e. The van der Waals surface area contributed by atoms with Gasteiger partial charge in [0.2, 0.25) is 5.91 Å². The molecule has 1 aliphatic rings. The SMILES string of the molecule is COCC(=O)Nc1cc(N2C(=S)N[C@H](c3ccccn3)[C@@H]2c2cc(C)n(-c3cccc(Cl)c3Cl)c2C)ccc1OC. The Morgan fingerprint density at radius 3 is 2.61 bits per heavy atom. The standard InChI is InChI=1S/C30H29Cl2N5O3S/c1-17-14-20(18(2)36(17)24-10-7-8-21(31)27(24)32)29-28(22-9-5-6-13-33-22)35-30(41)37(29)19-11-12-25(40-4)23(15-19)34-26(38)16-39-3/h5-15,28-29H,16H2,1-4H3,(H,34,38)(H,35,41)/t28-,29+/m1/s1. The molecule has 0 bridgehead atoms. The van der Waals surface area contributed by atoms with Gasteiger partial charge in [0.1, 0.15) is 12.4 Å². The monoisotopic (exact) mass is 609 g/mol. The van der Waals surface area contributed by atoms with E-state index in [1.165, 1.54) is 7.11 Å². The van der Waals surface area contributed by atoms with Crippen LogP contribution >= 0.6 is 35.4 Å². The number of carbonyl (C=O) groups is 1. The third kappa shape index (κ3) is 5.50. The molecule has 11 heteroatoms. The number of rotatable bonds is 8. The molecule has 1 aliphatic heterocycles. The van der Waals surface area contributed by atoms with Crippen molar-refractivity contribution in [1.29, 1.82) is 0 Å². The van der Waals surface area contributed by atoms with Crippen molar-refractivity contribution in [3.8, 4) is 11.4 Å². The van der Waals surface area contributed by atoms with Gasteiger partial charge in [-0.1, -0.05) is 35.3 Å². The van der Waals surface area contributed by atoms with Crippen molar-refractivity contribution in [2.45, 2.75) is 25.9 Å². The Morgan fingerprint density at radius 2 is 1.90 bits per heavy atom. The van der Waals surface area contributed by atoms with Crippen molar-refractivity contribution < 1.29 is 14.3 Å². The fourth-order valence-electron chi connectivity index (χ4n) is 5.33. The van der Waals surface area contributed by atoms with Crippen LogP contribution in [-0.2, 0) is 9.53 Å². The molecule has 3 heterocycles. The van der Waals surface area contributed by atoms with Crippen LogP contribution in [0.15, 0.2) is 66.9 Å². The molecule has 8 nitrogen and oxygen atoms in total. The number of hydrogen-bond donors (Lipinski definition) is 2. The first-order valence-corrected chi connectivity index (χ1v) is 14.0. The van der Waals surface area contributed by atoms with Gasteiger partial charge in [-0.2, -0.15) is 0 Å². The molecule has 0 aliphatic carbocycles. The minimum absolute atomic E-state index is 0.0838. The molecule has 2 N–H and O–H groups in total. The lowest BCUT2D eigenvalue weighted by Gasteiger charge is -2.29. The van der Waals surface area contributed by atoms with Crippen LogP contribution in [0.2, 0.25) is 10.0 Å². The average molecular weight is 611 g/mol. The highest BCUT2D eigenvalue weighted by atomic mass is 35.5. The fourth-order valence-corrected chi connectivity index (χ4v) is 6.06. The van der Waals surface area contributed by atoms with Gasteiger partial charge in [-0.15, -0.1) is 0 Å². The summed E-state index contributed by atoms with van der Waals surface area (Å²) >= 11 is 19.0. The Hall–Kier alpha value is -3.63. The average Bonchev–Trinajstić information content (AvgIpc) is 3.45. The van der Waals surface area contributed by atoms with Crippen LogP contribution in [0.4, 0.5) is 11.4 Å². The number of nitrogens with zero attached hydrogens (tertiary/aromatic N) is 3. The second-order valence-electron chi connectivity index (χ2n) is 9.60. The van der Waals surface area contributed by atoms with E-state index in [1.807, 2.05) is 54.3 Å². The Balaban J connectivity index is 1.67. The highest BCUT2D eigenvalue weighted by Gasteiger charge is 2.42. The quantitative estimate of drug-likeness (QED) is 0.219. The lowest BCUT2D eigenvalue weighted by molar-refractivity contribution is -0.119. The van der Waals surface area contributed by atoms with E-state index in [9.17, 15) is 4.79 Å². The maximum atomic E-state index is 12.4. The highest BCUT2D eigenvalue weighted by molar-refractivity contribution is 7.80. The van der Waals surface area contributed by atoms with Crippen molar-refractivity contribution in [2.24, 2.45) is 0 Å². The second-order valence-corrected chi connectivity index (χ2v) is 10.8. The number of aromatic nitrogens is 2. The summed E-state index contributed by atoms with van der Waals surface area (Å²) in [5, 5.41) is 7.85. The molecule has 1 fully saturated rings. The Bertz CT molecular complexity index is 1610. The summed E-state index contributed by atoms with van der Waals surface area (Å²) < 4.78 is 12.6. The largest absolute Gasteiger partial charge is 0.495 e. The topological polar surface area (TPSA) is 80.7 Å². The number of nitrogens with one attached hydrogen (secondary N) is 2. The number of ether oxygens (including phenoxy) is 2. The van der Waals surface area contributed by atoms with E-state index in [2.05, 4.69) is 33.2 Å². The number of hydrogen-bond acceptors (Lipinski definition) is 5. The minimum Gasteiger partial charge on any atom is -0.495 e. The number of amides is 1. The first-order valence-electron chi connectivity index (χ1n) is 12.9. The molecule has 0 spiro atoms. The van der Waals surface area contributed by atoms with Gasteiger partial charge in [0.05, 0.1) is 46.3 Å². The van der Waals surface area contributed by atoms with E-state index in [0.29, 0.717) is 26.6 Å². The number of benzene rings is 2. The predicted molar refractivity (Wildman–Crippen MR) is 167 cm³/mol. The third-order valence-corrected chi connectivity index (χ3v) is 8.19. The van der Waals surface area contributed by atoms with Gasteiger partial charge in [-0.3, -0.25) is 9.78 Å². The first kappa shape index (κ1) is 28.9. The van der Waals surface area contributed by atoms with Crippen LogP contribution in [0.3, 0.4) is 0 Å². The molecule has 2 aromatic heterocycles. The van der Waals surface area contributed by atoms with Gasteiger partial charge in [0.25, 0.3) is 0 Å². The van der Waals surface area contributed by atoms with Crippen molar-refractivity contribution in [3.63, 3.8) is 0 Å². The van der Waals surface area contributed by atoms with Crippen molar-refractivity contribution in [2.75, 3.05) is 31.0 Å². The molecule has 0 unspecified atom stereocenters. The number of halogens is 2. The van der Waals surface area contributed by atoms with E-state index in [-0.39, 0.29) is 24.6 Å². The van der Waals surface area contributed by atoms with Crippen LogP contribution in [-0.4, -0.2) is 41.4 Å².